The Kier molecular flexibility index (Phi) is 3.65. The highest BCUT2D eigenvalue weighted by molar-refractivity contribution is 9.70. The monoisotopic (exact) mass is 332 g/mol. The molecule has 0 fully saturated rings. The Labute approximate surface area is 91.2 Å². The zero-order valence-electron chi connectivity index (χ0n) is 5.71. The first-order chi connectivity index (χ1) is 5.47. The zero-order chi connectivity index (χ0) is 9.19. The minimum absolute atomic E-state index is 0.497. The van der Waals surface area contributed by atoms with Crippen LogP contribution in [0, 0.1) is 0 Å². The van der Waals surface area contributed by atoms with E-state index in [-0.39, 0.29) is 0 Å². The molecule has 0 aliphatic carbocycles. The summed E-state index contributed by atoms with van der Waals surface area (Å²) >= 11 is 11.3. The Hall–Kier alpha value is 0.500. The Balaban J connectivity index is 2.78. The molecule has 0 atom stereocenters. The summed E-state index contributed by atoms with van der Waals surface area (Å²) in [6.07, 6.45) is 0. The Morgan fingerprint density at radius 1 is 1.25 bits per heavy atom. The molecule has 0 heterocycles. The van der Waals surface area contributed by atoms with E-state index < -0.39 is 4.77 Å². The van der Waals surface area contributed by atoms with Crippen LogP contribution in [0.2, 0.25) is 5.02 Å². The molecule has 0 spiro atoms. The highest BCUT2D eigenvalue weighted by Gasteiger charge is 2.13. The van der Waals surface area contributed by atoms with E-state index in [1.54, 1.807) is 24.3 Å². The topological polar surface area (TPSA) is 26.3 Å². The summed E-state index contributed by atoms with van der Waals surface area (Å²) in [5.74, 6) is 0.497. The first-order valence-corrected chi connectivity index (χ1v) is 8.96. The second-order valence-corrected chi connectivity index (χ2v) is 11.9. The second kappa shape index (κ2) is 4.14. The van der Waals surface area contributed by atoms with E-state index in [0.717, 1.165) is 0 Å². The van der Waals surface area contributed by atoms with Gasteiger partial charge in [0.05, 0.1) is 0 Å². The van der Waals surface area contributed by atoms with E-state index in [9.17, 15) is 4.57 Å². The Morgan fingerprint density at radius 3 is 2.17 bits per heavy atom. The van der Waals surface area contributed by atoms with Crippen molar-refractivity contribution >= 4 is 47.4 Å². The van der Waals surface area contributed by atoms with Crippen molar-refractivity contribution in [1.29, 1.82) is 0 Å². The second-order valence-electron chi connectivity index (χ2n) is 1.96. The van der Waals surface area contributed by atoms with Gasteiger partial charge in [0, 0.05) is 36.0 Å². The minimum atomic E-state index is -2.82. The van der Waals surface area contributed by atoms with Crippen molar-refractivity contribution in [1.82, 2.24) is 0 Å². The molecule has 0 radical (unpaired) electrons. The molecule has 1 aromatic rings. The van der Waals surface area contributed by atoms with Gasteiger partial charge in [0.2, 0.25) is 0 Å². The molecule has 0 N–H and O–H groups in total. The molecule has 0 saturated carbocycles. The maximum absolute atomic E-state index is 11.0. The van der Waals surface area contributed by atoms with Gasteiger partial charge in [-0.3, -0.25) is 4.57 Å². The molecular weight excluding hydrogens is 330 g/mol. The Morgan fingerprint density at radius 2 is 1.75 bits per heavy atom. The van der Waals surface area contributed by atoms with Crippen molar-refractivity contribution in [3.8, 4) is 5.75 Å². The average Bonchev–Trinajstić information content (AvgIpc) is 1.91. The fourth-order valence-corrected chi connectivity index (χ4v) is 2.11. The standard InChI is InChI=1S/C6H4Br2ClO2P/c7-12(8,10)11-6-3-1-5(9)2-4-6/h1-4H. The number of benzene rings is 1. The first-order valence-electron chi connectivity index (χ1n) is 2.92. The number of hydrogen-bond acceptors (Lipinski definition) is 2. The molecule has 6 heteroatoms. The van der Waals surface area contributed by atoms with Gasteiger partial charge < -0.3 is 4.52 Å². The molecule has 0 bridgehead atoms. The largest absolute Gasteiger partial charge is 0.429 e. The van der Waals surface area contributed by atoms with Gasteiger partial charge in [0.25, 0.3) is 0 Å². The van der Waals surface area contributed by atoms with Gasteiger partial charge in [0.1, 0.15) is 5.75 Å². The van der Waals surface area contributed by atoms with Crippen LogP contribution in [0.4, 0.5) is 0 Å². The van der Waals surface area contributed by atoms with Crippen LogP contribution in [0.1, 0.15) is 0 Å². The summed E-state index contributed by atoms with van der Waals surface area (Å²) in [7, 11) is 0. The van der Waals surface area contributed by atoms with Crippen molar-refractivity contribution < 1.29 is 9.09 Å². The smallest absolute Gasteiger partial charge is 0.374 e. The molecule has 1 aromatic carbocycles. The molecule has 66 valence electrons. The predicted molar refractivity (Wildman–Crippen MR) is 57.5 cm³/mol. The van der Waals surface area contributed by atoms with Gasteiger partial charge in [0.15, 0.2) is 0 Å². The van der Waals surface area contributed by atoms with Gasteiger partial charge in [-0.05, 0) is 24.3 Å². The Bertz CT molecular complexity index is 308. The lowest BCUT2D eigenvalue weighted by Gasteiger charge is -2.05. The van der Waals surface area contributed by atoms with Crippen LogP contribution in [0.25, 0.3) is 0 Å². The van der Waals surface area contributed by atoms with Crippen molar-refractivity contribution in [2.75, 3.05) is 0 Å². The normalized spacial score (nSPS) is 11.2. The van der Waals surface area contributed by atoms with Crippen molar-refractivity contribution in [3.63, 3.8) is 0 Å². The number of hydrogen-bond donors (Lipinski definition) is 0. The van der Waals surface area contributed by atoms with E-state index in [0.29, 0.717) is 10.8 Å². The third-order valence-electron chi connectivity index (χ3n) is 1.03. The summed E-state index contributed by atoms with van der Waals surface area (Å²) < 4.78 is 13.2. The van der Waals surface area contributed by atoms with Gasteiger partial charge >= 0.3 is 4.77 Å². The fraction of sp³-hybridized carbons (Fsp3) is 0. The van der Waals surface area contributed by atoms with Gasteiger partial charge in [-0.1, -0.05) is 11.6 Å². The zero-order valence-corrected chi connectivity index (χ0v) is 10.5. The van der Waals surface area contributed by atoms with Crippen molar-refractivity contribution in [3.05, 3.63) is 29.3 Å². The van der Waals surface area contributed by atoms with E-state index in [1.165, 1.54) is 0 Å². The lowest BCUT2D eigenvalue weighted by molar-refractivity contribution is 0.518. The van der Waals surface area contributed by atoms with Crippen LogP contribution >= 0.6 is 47.4 Å². The molecule has 12 heavy (non-hydrogen) atoms. The van der Waals surface area contributed by atoms with Crippen LogP contribution in [-0.4, -0.2) is 0 Å². The summed E-state index contributed by atoms with van der Waals surface area (Å²) in [6, 6.07) is 6.59. The summed E-state index contributed by atoms with van der Waals surface area (Å²) in [4.78, 5) is 0. The van der Waals surface area contributed by atoms with E-state index in [2.05, 4.69) is 31.0 Å². The van der Waals surface area contributed by atoms with E-state index in [1.807, 2.05) is 0 Å². The van der Waals surface area contributed by atoms with Gasteiger partial charge in [-0.15, -0.1) is 0 Å². The average molecular weight is 334 g/mol. The molecule has 2 nitrogen and oxygen atoms in total. The number of rotatable bonds is 2. The third kappa shape index (κ3) is 3.94. The molecule has 1 rings (SSSR count). The molecule has 0 aliphatic heterocycles. The lowest BCUT2D eigenvalue weighted by atomic mass is 10.3. The van der Waals surface area contributed by atoms with Gasteiger partial charge in [-0.2, -0.15) is 0 Å². The van der Waals surface area contributed by atoms with Crippen LogP contribution < -0.4 is 4.52 Å². The summed E-state index contributed by atoms with van der Waals surface area (Å²) in [5, 5.41) is 0.612. The quantitative estimate of drug-likeness (QED) is 0.738. The molecule has 0 saturated heterocycles. The van der Waals surface area contributed by atoms with Gasteiger partial charge in [-0.25, -0.2) is 0 Å². The predicted octanol–water partition coefficient (Wildman–Crippen LogP) is 4.62. The summed E-state index contributed by atoms with van der Waals surface area (Å²) in [5.41, 5.74) is 0. The molecule has 0 amide bonds. The van der Waals surface area contributed by atoms with E-state index in [4.69, 9.17) is 16.1 Å². The molecule has 0 aliphatic rings. The third-order valence-corrected chi connectivity index (χ3v) is 2.57. The first kappa shape index (κ1) is 10.6. The fourth-order valence-electron chi connectivity index (χ4n) is 0.618. The maximum Gasteiger partial charge on any atom is 0.374 e. The number of halogens is 3. The van der Waals surface area contributed by atoms with E-state index >= 15 is 0 Å². The minimum Gasteiger partial charge on any atom is -0.429 e. The molecule has 0 unspecified atom stereocenters. The van der Waals surface area contributed by atoms with Crippen LogP contribution in [0.15, 0.2) is 24.3 Å². The molecule has 0 aromatic heterocycles. The van der Waals surface area contributed by atoms with Crippen molar-refractivity contribution in [2.45, 2.75) is 0 Å². The van der Waals surface area contributed by atoms with Crippen molar-refractivity contribution in [2.24, 2.45) is 0 Å². The SMILES string of the molecule is O=P(Br)(Br)Oc1ccc(Cl)cc1. The highest BCUT2D eigenvalue weighted by Crippen LogP contribution is 2.61. The lowest BCUT2D eigenvalue weighted by Crippen LogP contribution is -1.79. The maximum atomic E-state index is 11.0. The van der Waals surface area contributed by atoms with Crippen LogP contribution in [0.5, 0.6) is 5.75 Å². The van der Waals surface area contributed by atoms with Crippen LogP contribution in [0.3, 0.4) is 0 Å². The molecular formula is C6H4Br2ClO2P. The highest BCUT2D eigenvalue weighted by atomic mass is 79.9. The van der Waals surface area contributed by atoms with Crippen LogP contribution in [-0.2, 0) is 4.57 Å². The summed E-state index contributed by atoms with van der Waals surface area (Å²) in [6.45, 7) is 0.